The van der Waals surface area contributed by atoms with Crippen LogP contribution in [0.4, 0.5) is 0 Å². The van der Waals surface area contributed by atoms with Crippen LogP contribution in [-0.2, 0) is 5.60 Å². The number of aliphatic hydroxyl groups is 1. The van der Waals surface area contributed by atoms with Gasteiger partial charge < -0.3 is 5.11 Å². The van der Waals surface area contributed by atoms with E-state index in [4.69, 9.17) is 6.42 Å². The molecule has 0 amide bonds. The van der Waals surface area contributed by atoms with E-state index < -0.39 is 5.60 Å². The number of fused-ring (bicyclic) bond motifs is 1. The first-order valence-corrected chi connectivity index (χ1v) is 7.16. The molecule has 0 bridgehead atoms. The van der Waals surface area contributed by atoms with Gasteiger partial charge in [-0.25, -0.2) is 0 Å². The number of rotatable bonds is 3. The molecule has 106 valence electrons. The summed E-state index contributed by atoms with van der Waals surface area (Å²) in [5.41, 5.74) is 0.315. The van der Waals surface area contributed by atoms with Crippen molar-refractivity contribution in [1.29, 1.82) is 0 Å². The van der Waals surface area contributed by atoms with Gasteiger partial charge in [-0.3, -0.25) is 0 Å². The molecule has 0 saturated carbocycles. The van der Waals surface area contributed by atoms with E-state index in [-0.39, 0.29) is 0 Å². The van der Waals surface area contributed by atoms with Crippen molar-refractivity contribution < 1.29 is 5.11 Å². The molecule has 0 heterocycles. The molecule has 1 nitrogen and oxygen atoms in total. The largest absolute Gasteiger partial charge is 0.370 e. The Morgan fingerprint density at radius 1 is 0.864 bits per heavy atom. The average molecular weight is 284 g/mol. The maximum Gasteiger partial charge on any atom is 0.169 e. The van der Waals surface area contributed by atoms with Crippen LogP contribution < -0.4 is 0 Å². The van der Waals surface area contributed by atoms with Gasteiger partial charge in [-0.2, -0.15) is 0 Å². The van der Waals surface area contributed by atoms with Gasteiger partial charge >= 0.3 is 0 Å². The molecule has 1 unspecified atom stereocenters. The van der Waals surface area contributed by atoms with E-state index >= 15 is 0 Å². The second-order valence-electron chi connectivity index (χ2n) is 5.18. The molecule has 3 rings (SSSR count). The Morgan fingerprint density at radius 3 is 2.32 bits per heavy atom. The van der Waals surface area contributed by atoms with Gasteiger partial charge in [-0.05, 0) is 28.0 Å². The zero-order valence-corrected chi connectivity index (χ0v) is 12.1. The first kappa shape index (κ1) is 14.1. The molecule has 0 spiro atoms. The predicted molar refractivity (Wildman–Crippen MR) is 92.2 cm³/mol. The molecule has 0 aliphatic rings. The predicted octanol–water partition coefficient (Wildman–Crippen LogP) is 4.37. The van der Waals surface area contributed by atoms with Crippen molar-refractivity contribution in [2.45, 2.75) is 5.60 Å². The minimum Gasteiger partial charge on any atom is -0.370 e. The van der Waals surface area contributed by atoms with Crippen molar-refractivity contribution in [1.82, 2.24) is 0 Å². The maximum absolute atomic E-state index is 10.7. The fourth-order valence-electron chi connectivity index (χ4n) is 2.53. The van der Waals surface area contributed by atoms with Crippen LogP contribution in [0.15, 0.2) is 78.9 Å². The van der Waals surface area contributed by atoms with E-state index in [1.165, 1.54) is 0 Å². The van der Waals surface area contributed by atoms with Gasteiger partial charge in [0, 0.05) is 0 Å². The monoisotopic (exact) mass is 284 g/mol. The van der Waals surface area contributed by atoms with Gasteiger partial charge in [0.25, 0.3) is 0 Å². The molecular formula is C21H16O. The Morgan fingerprint density at radius 2 is 1.55 bits per heavy atom. The van der Waals surface area contributed by atoms with Crippen molar-refractivity contribution in [2.75, 3.05) is 0 Å². The second kappa shape index (κ2) is 5.89. The molecule has 22 heavy (non-hydrogen) atoms. The minimum absolute atomic E-state index is 0.689. The molecule has 0 aliphatic heterocycles. The normalized spacial score (nSPS) is 13.8. The molecule has 1 heteroatoms. The van der Waals surface area contributed by atoms with E-state index in [9.17, 15) is 5.11 Å². The topological polar surface area (TPSA) is 20.2 Å². The zero-order chi connectivity index (χ0) is 15.4. The van der Waals surface area contributed by atoms with Crippen molar-refractivity contribution in [3.05, 3.63) is 90.0 Å². The van der Waals surface area contributed by atoms with Gasteiger partial charge in [0.2, 0.25) is 0 Å². The molecule has 1 N–H and O–H groups in total. The highest BCUT2D eigenvalue weighted by Crippen LogP contribution is 2.25. The van der Waals surface area contributed by atoms with E-state index in [1.54, 1.807) is 6.08 Å². The lowest BCUT2D eigenvalue weighted by atomic mass is 9.93. The molecular weight excluding hydrogens is 268 g/mol. The molecule has 0 radical (unpaired) electrons. The molecule has 0 aliphatic carbocycles. The number of benzene rings is 3. The third-order valence-electron chi connectivity index (χ3n) is 3.76. The van der Waals surface area contributed by atoms with E-state index in [0.29, 0.717) is 5.56 Å². The van der Waals surface area contributed by atoms with E-state index in [2.05, 4.69) is 24.1 Å². The van der Waals surface area contributed by atoms with Crippen LogP contribution in [0.5, 0.6) is 0 Å². The summed E-state index contributed by atoms with van der Waals surface area (Å²) in [6.45, 7) is 0. The van der Waals surface area contributed by atoms with Crippen LogP contribution in [0.3, 0.4) is 0 Å². The van der Waals surface area contributed by atoms with Crippen LogP contribution >= 0.6 is 0 Å². The van der Waals surface area contributed by atoms with Gasteiger partial charge in [0.05, 0.1) is 0 Å². The van der Waals surface area contributed by atoms with Gasteiger partial charge in [0.1, 0.15) is 0 Å². The zero-order valence-electron chi connectivity index (χ0n) is 12.1. The summed E-state index contributed by atoms with van der Waals surface area (Å²) in [6.07, 6.45) is 9.12. The molecule has 0 saturated heterocycles. The fourth-order valence-corrected chi connectivity index (χ4v) is 2.53. The highest BCUT2D eigenvalue weighted by molar-refractivity contribution is 5.90. The first-order valence-electron chi connectivity index (χ1n) is 7.16. The fraction of sp³-hybridized carbons (Fsp3) is 0.0476. The van der Waals surface area contributed by atoms with Gasteiger partial charge in [0.15, 0.2) is 5.60 Å². The van der Waals surface area contributed by atoms with Crippen molar-refractivity contribution >= 4 is 16.8 Å². The van der Waals surface area contributed by atoms with Crippen LogP contribution in [-0.4, -0.2) is 5.11 Å². The Hall–Kier alpha value is -2.82. The highest BCUT2D eigenvalue weighted by atomic mass is 16.3. The Labute approximate surface area is 130 Å². The second-order valence-corrected chi connectivity index (χ2v) is 5.18. The quantitative estimate of drug-likeness (QED) is 0.708. The Balaban J connectivity index is 2.04. The summed E-state index contributed by atoms with van der Waals surface area (Å²) < 4.78 is 0. The Bertz CT molecular complexity index is 850. The smallest absolute Gasteiger partial charge is 0.169 e. The summed E-state index contributed by atoms with van der Waals surface area (Å²) in [7, 11) is 0. The lowest BCUT2D eigenvalue weighted by molar-refractivity contribution is 0.155. The Kier molecular flexibility index (Phi) is 3.78. The molecule has 1 atom stereocenters. The number of terminal acetylenes is 1. The number of hydrogen-bond acceptors (Lipinski definition) is 1. The lowest BCUT2D eigenvalue weighted by Crippen LogP contribution is -2.19. The lowest BCUT2D eigenvalue weighted by Gasteiger charge is -2.18. The van der Waals surface area contributed by atoms with Crippen LogP contribution in [0, 0.1) is 12.3 Å². The van der Waals surface area contributed by atoms with Crippen LogP contribution in [0.25, 0.3) is 16.8 Å². The van der Waals surface area contributed by atoms with Crippen molar-refractivity contribution in [3.8, 4) is 12.3 Å². The van der Waals surface area contributed by atoms with Crippen molar-refractivity contribution in [3.63, 3.8) is 0 Å². The maximum atomic E-state index is 10.7. The van der Waals surface area contributed by atoms with E-state index in [0.717, 1.165) is 16.3 Å². The summed E-state index contributed by atoms with van der Waals surface area (Å²) >= 11 is 0. The number of hydrogen-bond donors (Lipinski definition) is 1. The van der Waals surface area contributed by atoms with Crippen LogP contribution in [0.1, 0.15) is 11.1 Å². The first-order chi connectivity index (χ1) is 10.7. The third kappa shape index (κ3) is 2.65. The third-order valence-corrected chi connectivity index (χ3v) is 3.76. The summed E-state index contributed by atoms with van der Waals surface area (Å²) in [4.78, 5) is 0. The molecule has 0 aromatic heterocycles. The summed E-state index contributed by atoms with van der Waals surface area (Å²) in [5, 5.41) is 13.0. The van der Waals surface area contributed by atoms with E-state index in [1.807, 2.05) is 60.7 Å². The average Bonchev–Trinajstić information content (AvgIpc) is 2.60. The highest BCUT2D eigenvalue weighted by Gasteiger charge is 2.22. The minimum atomic E-state index is -1.40. The van der Waals surface area contributed by atoms with Crippen LogP contribution in [0.2, 0.25) is 0 Å². The van der Waals surface area contributed by atoms with Gasteiger partial charge in [-0.15, -0.1) is 6.42 Å². The molecule has 3 aromatic rings. The van der Waals surface area contributed by atoms with Crippen molar-refractivity contribution in [2.24, 2.45) is 0 Å². The molecule has 3 aromatic carbocycles. The summed E-state index contributed by atoms with van der Waals surface area (Å²) in [6, 6.07) is 23.5. The van der Waals surface area contributed by atoms with Gasteiger partial charge in [-0.1, -0.05) is 84.8 Å². The SMILES string of the molecule is C#CC(O)(/C=C/c1cccc2ccccc12)c1ccccc1. The molecule has 0 fully saturated rings. The summed E-state index contributed by atoms with van der Waals surface area (Å²) in [5.74, 6) is 2.48. The standard InChI is InChI=1S/C21H16O/c1-2-21(22,19-12-4-3-5-13-19)16-15-18-11-8-10-17-9-6-7-14-20(17)18/h1,3-16,22H/b16-15+.